The fraction of sp³-hybridized carbons (Fsp3) is 0.600. The summed E-state index contributed by atoms with van der Waals surface area (Å²) in [6, 6.07) is 9.47. The zero-order valence-corrected chi connectivity index (χ0v) is 13.7. The number of primary sulfonamides is 1. The fourth-order valence-electron chi connectivity index (χ4n) is 1.79. The van der Waals surface area contributed by atoms with Crippen molar-refractivity contribution in [2.75, 3.05) is 25.6 Å². The van der Waals surface area contributed by atoms with Crippen molar-refractivity contribution in [1.82, 2.24) is 0 Å². The van der Waals surface area contributed by atoms with Crippen molar-refractivity contribution >= 4 is 10.0 Å². The molecule has 6 heteroatoms. The monoisotopic (exact) mass is 315 g/mol. The molecule has 21 heavy (non-hydrogen) atoms. The topological polar surface area (TPSA) is 78.6 Å². The third-order valence-electron chi connectivity index (χ3n) is 3.22. The molecule has 0 aliphatic heterocycles. The Morgan fingerprint density at radius 3 is 2.29 bits per heavy atom. The Bertz CT molecular complexity index is 508. The Balaban J connectivity index is 2.34. The van der Waals surface area contributed by atoms with Gasteiger partial charge in [-0.05, 0) is 17.5 Å². The van der Waals surface area contributed by atoms with Gasteiger partial charge in [0.25, 0.3) is 0 Å². The molecule has 0 fully saturated rings. The summed E-state index contributed by atoms with van der Waals surface area (Å²) >= 11 is 0. The van der Waals surface area contributed by atoms with Crippen LogP contribution in [-0.4, -0.2) is 34.0 Å². The minimum Gasteiger partial charge on any atom is -0.491 e. The summed E-state index contributed by atoms with van der Waals surface area (Å²) in [6.45, 7) is 7.12. The number of nitrogens with two attached hydrogens (primary N) is 1. The van der Waals surface area contributed by atoms with E-state index in [2.05, 4.69) is 0 Å². The van der Waals surface area contributed by atoms with Crippen LogP contribution in [0.5, 0.6) is 5.75 Å². The molecule has 5 nitrogen and oxygen atoms in total. The summed E-state index contributed by atoms with van der Waals surface area (Å²) in [5.74, 6) is 0.568. The van der Waals surface area contributed by atoms with Gasteiger partial charge in [-0.15, -0.1) is 0 Å². The quantitative estimate of drug-likeness (QED) is 0.745. The van der Waals surface area contributed by atoms with Crippen molar-refractivity contribution in [1.29, 1.82) is 0 Å². The van der Waals surface area contributed by atoms with Crippen molar-refractivity contribution in [3.8, 4) is 5.75 Å². The smallest absolute Gasteiger partial charge is 0.209 e. The largest absolute Gasteiger partial charge is 0.491 e. The van der Waals surface area contributed by atoms with Gasteiger partial charge in [0.2, 0.25) is 10.0 Å². The normalized spacial score (nSPS) is 13.9. The highest BCUT2D eigenvalue weighted by Crippen LogP contribution is 2.27. The molecule has 0 saturated carbocycles. The van der Waals surface area contributed by atoms with E-state index in [1.807, 2.05) is 51.1 Å². The predicted octanol–water partition coefficient (Wildman–Crippen LogP) is 2.03. The van der Waals surface area contributed by atoms with E-state index in [1.165, 1.54) is 0 Å². The zero-order valence-electron chi connectivity index (χ0n) is 12.9. The Morgan fingerprint density at radius 2 is 1.76 bits per heavy atom. The Morgan fingerprint density at radius 1 is 1.14 bits per heavy atom. The maximum absolute atomic E-state index is 11.3. The summed E-state index contributed by atoms with van der Waals surface area (Å²) in [5.41, 5.74) is -0.188. The molecule has 1 atom stereocenters. The summed E-state index contributed by atoms with van der Waals surface area (Å²) in [6.07, 6.45) is 0. The van der Waals surface area contributed by atoms with Gasteiger partial charge in [0.15, 0.2) is 0 Å². The lowest BCUT2D eigenvalue weighted by molar-refractivity contribution is 0.0479. The second kappa shape index (κ2) is 7.77. The number of hydrogen-bond donors (Lipinski definition) is 1. The van der Waals surface area contributed by atoms with Crippen LogP contribution in [0.2, 0.25) is 0 Å². The molecular formula is C15H25NO4S. The van der Waals surface area contributed by atoms with Crippen LogP contribution in [-0.2, 0) is 14.8 Å². The lowest BCUT2D eigenvalue weighted by Gasteiger charge is -2.29. The molecule has 120 valence electrons. The van der Waals surface area contributed by atoms with Crippen molar-refractivity contribution in [2.45, 2.75) is 20.8 Å². The summed E-state index contributed by atoms with van der Waals surface area (Å²) in [5, 5.41) is 5.13. The average molecular weight is 315 g/mol. The molecule has 0 bridgehead atoms. The van der Waals surface area contributed by atoms with Gasteiger partial charge < -0.3 is 9.47 Å². The number of ether oxygens (including phenoxy) is 2. The molecule has 1 aromatic rings. The first-order valence-corrected chi connectivity index (χ1v) is 8.66. The summed E-state index contributed by atoms with van der Waals surface area (Å²) in [4.78, 5) is 0. The second-order valence-corrected chi connectivity index (χ2v) is 7.79. The van der Waals surface area contributed by atoms with Crippen LogP contribution in [0.3, 0.4) is 0 Å². The molecule has 0 heterocycles. The molecule has 1 unspecified atom stereocenters. The Labute approximate surface area is 127 Å². The third kappa shape index (κ3) is 8.04. The predicted molar refractivity (Wildman–Crippen MR) is 83.7 cm³/mol. The standard InChI is InChI=1S/C15H25NO4S/c1-15(2,3)13(12-21(16,17)18)11-19-9-10-20-14-7-5-4-6-8-14/h4-8,13H,9-12H2,1-3H3,(H2,16,17,18). The molecule has 0 radical (unpaired) electrons. The van der Waals surface area contributed by atoms with Crippen molar-refractivity contribution in [3.63, 3.8) is 0 Å². The highest BCUT2D eigenvalue weighted by Gasteiger charge is 2.28. The van der Waals surface area contributed by atoms with Gasteiger partial charge in [-0.1, -0.05) is 39.0 Å². The van der Waals surface area contributed by atoms with E-state index in [1.54, 1.807) is 0 Å². The van der Waals surface area contributed by atoms with Gasteiger partial charge in [-0.25, -0.2) is 13.6 Å². The molecule has 0 aliphatic rings. The first kappa shape index (κ1) is 17.9. The maximum atomic E-state index is 11.3. The number of rotatable bonds is 8. The van der Waals surface area contributed by atoms with Crippen LogP contribution in [0, 0.1) is 11.3 Å². The molecule has 1 aromatic carbocycles. The van der Waals surface area contributed by atoms with Crippen LogP contribution in [0.25, 0.3) is 0 Å². The van der Waals surface area contributed by atoms with E-state index >= 15 is 0 Å². The lowest BCUT2D eigenvalue weighted by atomic mass is 9.82. The fourth-order valence-corrected chi connectivity index (χ4v) is 2.95. The number of benzene rings is 1. The average Bonchev–Trinajstić information content (AvgIpc) is 2.35. The van der Waals surface area contributed by atoms with Gasteiger partial charge in [0.05, 0.1) is 19.0 Å². The van der Waals surface area contributed by atoms with E-state index in [-0.39, 0.29) is 17.1 Å². The van der Waals surface area contributed by atoms with Gasteiger partial charge in [0, 0.05) is 5.92 Å². The van der Waals surface area contributed by atoms with Crippen LogP contribution in [0.4, 0.5) is 0 Å². The number of sulfonamides is 1. The van der Waals surface area contributed by atoms with Crippen LogP contribution in [0.15, 0.2) is 30.3 Å². The van der Waals surface area contributed by atoms with E-state index in [9.17, 15) is 8.42 Å². The second-order valence-electron chi connectivity index (χ2n) is 6.13. The van der Waals surface area contributed by atoms with E-state index in [0.717, 1.165) is 5.75 Å². The summed E-state index contributed by atoms with van der Waals surface area (Å²) < 4.78 is 33.6. The molecule has 0 aromatic heterocycles. The Kier molecular flexibility index (Phi) is 6.64. The molecule has 0 amide bonds. The Hall–Kier alpha value is -1.11. The van der Waals surface area contributed by atoms with Gasteiger partial charge in [-0.3, -0.25) is 0 Å². The minimum atomic E-state index is -3.50. The zero-order chi connectivity index (χ0) is 15.9. The van der Waals surface area contributed by atoms with Crippen LogP contribution >= 0.6 is 0 Å². The van der Waals surface area contributed by atoms with Crippen molar-refractivity contribution in [3.05, 3.63) is 30.3 Å². The van der Waals surface area contributed by atoms with Gasteiger partial charge in [-0.2, -0.15) is 0 Å². The molecule has 0 aliphatic carbocycles. The van der Waals surface area contributed by atoms with Crippen LogP contribution in [0.1, 0.15) is 20.8 Å². The molecule has 0 spiro atoms. The lowest BCUT2D eigenvalue weighted by Crippen LogP contribution is -2.35. The van der Waals surface area contributed by atoms with E-state index in [4.69, 9.17) is 14.6 Å². The third-order valence-corrected chi connectivity index (χ3v) is 4.08. The number of hydrogen-bond acceptors (Lipinski definition) is 4. The molecule has 1 rings (SSSR count). The number of para-hydroxylation sites is 1. The van der Waals surface area contributed by atoms with E-state index < -0.39 is 10.0 Å². The van der Waals surface area contributed by atoms with E-state index in [0.29, 0.717) is 19.8 Å². The molecular weight excluding hydrogens is 290 g/mol. The van der Waals surface area contributed by atoms with Crippen LogP contribution < -0.4 is 9.88 Å². The highest BCUT2D eigenvalue weighted by molar-refractivity contribution is 7.89. The molecule has 2 N–H and O–H groups in total. The first-order chi connectivity index (χ1) is 9.68. The van der Waals surface area contributed by atoms with Gasteiger partial charge >= 0.3 is 0 Å². The van der Waals surface area contributed by atoms with Crippen molar-refractivity contribution < 1.29 is 17.9 Å². The highest BCUT2D eigenvalue weighted by atomic mass is 32.2. The van der Waals surface area contributed by atoms with Gasteiger partial charge in [0.1, 0.15) is 12.4 Å². The minimum absolute atomic E-state index is 0.0734. The SMILES string of the molecule is CC(C)(C)C(COCCOc1ccccc1)CS(N)(=O)=O. The van der Waals surface area contributed by atoms with Crippen molar-refractivity contribution in [2.24, 2.45) is 16.5 Å². The summed E-state index contributed by atoms with van der Waals surface area (Å²) in [7, 11) is -3.50. The first-order valence-electron chi connectivity index (χ1n) is 6.94. The molecule has 0 saturated heterocycles. The maximum Gasteiger partial charge on any atom is 0.209 e.